The van der Waals surface area contributed by atoms with E-state index < -0.39 is 23.9 Å². The summed E-state index contributed by atoms with van der Waals surface area (Å²) in [5, 5.41) is 2.18. The molecular weight excluding hydrogens is 283 g/mol. The first-order valence-corrected chi connectivity index (χ1v) is 5.85. The number of carbonyl (C=O) groups is 2. The molecule has 8 heteroatoms. The number of ether oxygens (including phenoxy) is 1. The molecule has 0 radical (unpaired) electrons. The van der Waals surface area contributed by atoms with Gasteiger partial charge in [0.25, 0.3) is 5.91 Å². The Morgan fingerprint density at radius 2 is 1.95 bits per heavy atom. The molecule has 0 atom stereocenters. The summed E-state index contributed by atoms with van der Waals surface area (Å²) >= 11 is -0.381. The summed E-state index contributed by atoms with van der Waals surface area (Å²) in [6, 6.07) is 5.27. The van der Waals surface area contributed by atoms with Gasteiger partial charge in [-0.1, -0.05) is 12.1 Å². The van der Waals surface area contributed by atoms with Crippen molar-refractivity contribution >= 4 is 23.6 Å². The van der Waals surface area contributed by atoms with Crippen LogP contribution < -0.4 is 5.32 Å². The number of nitrogens with one attached hydrogen (secondary N) is 1. The van der Waals surface area contributed by atoms with Crippen LogP contribution in [0.25, 0.3) is 0 Å². The number of hydrogen-bond donors (Lipinski definition) is 1. The number of benzene rings is 1. The predicted molar refractivity (Wildman–Crippen MR) is 62.7 cm³/mol. The van der Waals surface area contributed by atoms with Gasteiger partial charge in [-0.3, -0.25) is 9.59 Å². The topological polar surface area (TPSA) is 55.4 Å². The molecule has 1 amide bonds. The quantitative estimate of drug-likeness (QED) is 0.683. The first-order chi connectivity index (χ1) is 8.83. The highest BCUT2D eigenvalue weighted by Gasteiger charge is 2.31. The molecule has 1 aromatic rings. The summed E-state index contributed by atoms with van der Waals surface area (Å²) in [5.41, 5.74) is -4.63. The van der Waals surface area contributed by atoms with Gasteiger partial charge in [-0.25, -0.2) is 0 Å². The molecule has 19 heavy (non-hydrogen) atoms. The van der Waals surface area contributed by atoms with E-state index in [2.05, 4.69) is 10.1 Å². The van der Waals surface area contributed by atoms with Gasteiger partial charge >= 0.3 is 11.5 Å². The lowest BCUT2D eigenvalue weighted by atomic mass is 10.2. The van der Waals surface area contributed by atoms with Gasteiger partial charge in [0.15, 0.2) is 0 Å². The van der Waals surface area contributed by atoms with Crippen molar-refractivity contribution < 1.29 is 27.5 Å². The van der Waals surface area contributed by atoms with Gasteiger partial charge in [0.05, 0.1) is 12.7 Å². The number of methoxy groups -OCH3 is 1. The minimum Gasteiger partial charge on any atom is -0.468 e. The second-order valence-corrected chi connectivity index (χ2v) is 4.41. The molecule has 0 aromatic heterocycles. The van der Waals surface area contributed by atoms with Crippen molar-refractivity contribution in [1.29, 1.82) is 0 Å². The Balaban J connectivity index is 2.82. The van der Waals surface area contributed by atoms with Crippen molar-refractivity contribution in [3.05, 3.63) is 29.8 Å². The summed E-state index contributed by atoms with van der Waals surface area (Å²) < 4.78 is 41.2. The zero-order valence-electron chi connectivity index (χ0n) is 9.78. The van der Waals surface area contributed by atoms with Crippen LogP contribution in [0.15, 0.2) is 29.2 Å². The van der Waals surface area contributed by atoms with Gasteiger partial charge in [0.1, 0.15) is 6.54 Å². The van der Waals surface area contributed by atoms with Crippen molar-refractivity contribution in [1.82, 2.24) is 5.32 Å². The molecule has 0 aliphatic rings. The van der Waals surface area contributed by atoms with Crippen LogP contribution in [0.5, 0.6) is 0 Å². The number of hydrogen-bond acceptors (Lipinski definition) is 4. The lowest BCUT2D eigenvalue weighted by Gasteiger charge is -2.10. The van der Waals surface area contributed by atoms with E-state index >= 15 is 0 Å². The molecule has 4 nitrogen and oxygen atoms in total. The van der Waals surface area contributed by atoms with Crippen molar-refractivity contribution in [2.24, 2.45) is 0 Å². The molecule has 0 unspecified atom stereocenters. The molecule has 0 saturated heterocycles. The van der Waals surface area contributed by atoms with Crippen LogP contribution in [0.2, 0.25) is 0 Å². The van der Waals surface area contributed by atoms with Gasteiger partial charge in [-0.2, -0.15) is 13.2 Å². The highest BCUT2D eigenvalue weighted by atomic mass is 32.2. The molecular formula is C11H10F3NO3S. The maximum atomic E-state index is 12.3. The monoisotopic (exact) mass is 293 g/mol. The molecule has 0 fully saturated rings. The smallest absolute Gasteiger partial charge is 0.446 e. The molecule has 0 spiro atoms. The van der Waals surface area contributed by atoms with E-state index in [0.29, 0.717) is 0 Å². The van der Waals surface area contributed by atoms with Gasteiger partial charge < -0.3 is 10.1 Å². The number of rotatable bonds is 4. The minimum atomic E-state index is -4.49. The fourth-order valence-corrected chi connectivity index (χ4v) is 1.85. The number of carbonyl (C=O) groups excluding carboxylic acids is 2. The SMILES string of the molecule is COC(=O)CNC(=O)c1ccccc1SC(F)(F)F. The fraction of sp³-hybridized carbons (Fsp3) is 0.273. The number of thioether (sulfide) groups is 1. The van der Waals surface area contributed by atoms with E-state index in [1.54, 1.807) is 0 Å². The second kappa shape index (κ2) is 6.46. The van der Waals surface area contributed by atoms with E-state index in [0.717, 1.165) is 7.11 Å². The van der Waals surface area contributed by atoms with Crippen LogP contribution in [0.4, 0.5) is 13.2 Å². The average molecular weight is 293 g/mol. The first kappa shape index (κ1) is 15.4. The summed E-state index contributed by atoms with van der Waals surface area (Å²) in [4.78, 5) is 22.3. The van der Waals surface area contributed by atoms with Crippen molar-refractivity contribution in [3.63, 3.8) is 0 Å². The Kier molecular flexibility index (Phi) is 5.22. The third-order valence-corrected chi connectivity index (χ3v) is 2.79. The van der Waals surface area contributed by atoms with Crippen molar-refractivity contribution in [2.45, 2.75) is 10.4 Å². The highest BCUT2D eigenvalue weighted by Crippen LogP contribution is 2.38. The molecule has 0 saturated carbocycles. The van der Waals surface area contributed by atoms with Crippen molar-refractivity contribution in [3.8, 4) is 0 Å². The minimum absolute atomic E-state index is 0.145. The Labute approximate surface area is 111 Å². The van der Waals surface area contributed by atoms with Gasteiger partial charge in [0, 0.05) is 4.90 Å². The van der Waals surface area contributed by atoms with Crippen molar-refractivity contribution in [2.75, 3.05) is 13.7 Å². The van der Waals surface area contributed by atoms with Crippen LogP contribution in [0, 0.1) is 0 Å². The second-order valence-electron chi connectivity index (χ2n) is 3.30. The van der Waals surface area contributed by atoms with Gasteiger partial charge in [-0.05, 0) is 23.9 Å². The van der Waals surface area contributed by atoms with Crippen LogP contribution in [0.3, 0.4) is 0 Å². The Bertz CT molecular complexity index is 476. The standard InChI is InChI=1S/C11H10F3NO3S/c1-18-9(16)6-15-10(17)7-4-2-3-5-8(7)19-11(12,13)14/h2-5H,6H2,1H3,(H,15,17). The highest BCUT2D eigenvalue weighted by molar-refractivity contribution is 8.00. The molecule has 104 valence electrons. The third kappa shape index (κ3) is 5.21. The van der Waals surface area contributed by atoms with E-state index in [1.807, 2.05) is 0 Å². The molecule has 0 bridgehead atoms. The number of amides is 1. The average Bonchev–Trinajstić information content (AvgIpc) is 2.34. The molecule has 0 aliphatic carbocycles. The maximum Gasteiger partial charge on any atom is 0.446 e. The zero-order valence-corrected chi connectivity index (χ0v) is 10.6. The summed E-state index contributed by atoms with van der Waals surface area (Å²) in [6.45, 7) is -0.402. The Morgan fingerprint density at radius 1 is 1.32 bits per heavy atom. The normalized spacial score (nSPS) is 10.9. The largest absolute Gasteiger partial charge is 0.468 e. The van der Waals surface area contributed by atoms with Gasteiger partial charge in [0.2, 0.25) is 0 Å². The molecule has 1 rings (SSSR count). The fourth-order valence-electron chi connectivity index (χ4n) is 1.19. The lowest BCUT2D eigenvalue weighted by Crippen LogP contribution is -2.30. The zero-order chi connectivity index (χ0) is 14.5. The first-order valence-electron chi connectivity index (χ1n) is 5.03. The summed E-state index contributed by atoms with van der Waals surface area (Å²) in [5.74, 6) is -1.45. The Hall–Kier alpha value is -1.70. The summed E-state index contributed by atoms with van der Waals surface area (Å²) in [7, 11) is 1.14. The maximum absolute atomic E-state index is 12.3. The summed E-state index contributed by atoms with van der Waals surface area (Å²) in [6.07, 6.45) is 0. The molecule has 1 aromatic carbocycles. The lowest BCUT2D eigenvalue weighted by molar-refractivity contribution is -0.139. The van der Waals surface area contributed by atoms with E-state index in [9.17, 15) is 22.8 Å². The molecule has 0 aliphatic heterocycles. The molecule has 0 heterocycles. The van der Waals surface area contributed by atoms with Crippen LogP contribution in [0.1, 0.15) is 10.4 Å². The van der Waals surface area contributed by atoms with Gasteiger partial charge in [-0.15, -0.1) is 0 Å². The number of esters is 1. The van der Waals surface area contributed by atoms with Crippen LogP contribution in [-0.4, -0.2) is 31.0 Å². The van der Waals surface area contributed by atoms with Crippen LogP contribution >= 0.6 is 11.8 Å². The molecule has 1 N–H and O–H groups in total. The van der Waals surface area contributed by atoms with E-state index in [-0.39, 0.29) is 22.2 Å². The number of halogens is 3. The van der Waals surface area contributed by atoms with E-state index in [1.165, 1.54) is 24.3 Å². The van der Waals surface area contributed by atoms with Crippen LogP contribution in [-0.2, 0) is 9.53 Å². The van der Waals surface area contributed by atoms with E-state index in [4.69, 9.17) is 0 Å². The predicted octanol–water partition coefficient (Wildman–Crippen LogP) is 2.20. The third-order valence-electron chi connectivity index (χ3n) is 1.98. The Morgan fingerprint density at radius 3 is 2.53 bits per heavy atom. The number of alkyl halides is 3.